The predicted molar refractivity (Wildman–Crippen MR) is 195 cm³/mol. The molecule has 7 atom stereocenters. The van der Waals surface area contributed by atoms with Gasteiger partial charge in [0.25, 0.3) is 5.91 Å². The van der Waals surface area contributed by atoms with Crippen LogP contribution in [0.25, 0.3) is 0 Å². The molecule has 3 aliphatic carbocycles. The van der Waals surface area contributed by atoms with Gasteiger partial charge in [-0.2, -0.15) is 0 Å². The Morgan fingerprint density at radius 2 is 1.76 bits per heavy atom. The zero-order valence-electron chi connectivity index (χ0n) is 31.2. The van der Waals surface area contributed by atoms with Crippen LogP contribution in [0.2, 0.25) is 0 Å². The Labute approximate surface area is 304 Å². The summed E-state index contributed by atoms with van der Waals surface area (Å²) in [5.74, 6) is -2.59. The summed E-state index contributed by atoms with van der Waals surface area (Å²) in [6.45, 7) is 14.0. The van der Waals surface area contributed by atoms with Gasteiger partial charge in [-0.3, -0.25) is 24.0 Å². The van der Waals surface area contributed by atoms with Crippen LogP contribution < -0.4 is 16.0 Å². The van der Waals surface area contributed by atoms with Crippen molar-refractivity contribution in [1.82, 2.24) is 16.0 Å². The Hall–Kier alpha value is -3.04. The Morgan fingerprint density at radius 3 is 2.35 bits per heavy atom. The van der Waals surface area contributed by atoms with Crippen molar-refractivity contribution in [2.24, 2.45) is 40.4 Å². The molecule has 12 heteroatoms. The average molecular weight is 730 g/mol. The molecule has 0 aromatic rings. The molecule has 0 aromatic heterocycles. The van der Waals surface area contributed by atoms with Crippen LogP contribution in [0.15, 0.2) is 12.7 Å². The number of hydrogen-bond acceptors (Lipinski definition) is 8. The van der Waals surface area contributed by atoms with E-state index < -0.39 is 62.2 Å². The highest BCUT2D eigenvalue weighted by molar-refractivity contribution is 7.91. The van der Waals surface area contributed by atoms with E-state index in [2.05, 4.69) is 42.3 Å². The number of ketones is 2. The molecule has 0 radical (unpaired) electrons. The Balaban J connectivity index is 1.52. The van der Waals surface area contributed by atoms with E-state index in [4.69, 9.17) is 11.2 Å². The minimum atomic E-state index is -3.53. The fourth-order valence-electron chi connectivity index (χ4n) is 9.13. The number of carbonyl (C=O) groups is 5. The summed E-state index contributed by atoms with van der Waals surface area (Å²) in [7, 11) is -3.53. The first-order valence-corrected chi connectivity index (χ1v) is 20.5. The van der Waals surface area contributed by atoms with Crippen molar-refractivity contribution in [1.29, 1.82) is 0 Å². The van der Waals surface area contributed by atoms with E-state index in [0.717, 1.165) is 25.7 Å². The minimum absolute atomic E-state index is 0.0633. The van der Waals surface area contributed by atoms with Crippen LogP contribution in [0.5, 0.6) is 0 Å². The van der Waals surface area contributed by atoms with E-state index >= 15 is 0 Å². The van der Waals surface area contributed by atoms with Gasteiger partial charge in [-0.15, -0.1) is 18.9 Å². The van der Waals surface area contributed by atoms with Gasteiger partial charge in [0.2, 0.25) is 17.6 Å². The van der Waals surface area contributed by atoms with Crippen molar-refractivity contribution in [3.8, 4) is 12.3 Å². The standard InChI is InChI=1S/C39H59N3O8S/c1-8-10-16-29(34(45)36(47)40-19-9-2)41-35(46)31-26(21-27-32(31)38(27,6)7)33(44)28(37(3,4)5)22-30(43)42-39(17-12-11-13-18-39)24-51(48,49)23-25-15-14-20-50-25/h1,9,25-29,31-32H,2,10-24H2,3-7H3,(H,40,47)(H,41,46)(H,42,43)/t25?,26?,27-,28+,29?,31-,32-/m0/s1. The monoisotopic (exact) mass is 729 g/mol. The van der Waals surface area contributed by atoms with Crippen LogP contribution in [0.3, 0.4) is 0 Å². The van der Waals surface area contributed by atoms with Crippen LogP contribution in [0.4, 0.5) is 0 Å². The van der Waals surface area contributed by atoms with E-state index in [9.17, 15) is 32.4 Å². The molecule has 51 heavy (non-hydrogen) atoms. The Morgan fingerprint density at radius 1 is 1.08 bits per heavy atom. The second-order valence-electron chi connectivity index (χ2n) is 17.1. The molecule has 1 aliphatic heterocycles. The van der Waals surface area contributed by atoms with E-state index in [1.807, 2.05) is 20.8 Å². The fourth-order valence-corrected chi connectivity index (χ4v) is 11.3. The van der Waals surface area contributed by atoms with Crippen LogP contribution >= 0.6 is 0 Å². The number of sulfone groups is 1. The lowest BCUT2D eigenvalue weighted by molar-refractivity contribution is -0.143. The molecule has 4 rings (SSSR count). The van der Waals surface area contributed by atoms with Crippen molar-refractivity contribution in [3.05, 3.63) is 12.7 Å². The van der Waals surface area contributed by atoms with Gasteiger partial charge in [-0.25, -0.2) is 8.42 Å². The van der Waals surface area contributed by atoms with Gasteiger partial charge in [0.15, 0.2) is 9.84 Å². The second kappa shape index (κ2) is 16.3. The van der Waals surface area contributed by atoms with Crippen LogP contribution in [0.1, 0.15) is 105 Å². The minimum Gasteiger partial charge on any atom is -0.377 e. The van der Waals surface area contributed by atoms with Gasteiger partial charge < -0.3 is 20.7 Å². The highest BCUT2D eigenvalue weighted by atomic mass is 32.2. The van der Waals surface area contributed by atoms with Crippen molar-refractivity contribution in [2.75, 3.05) is 24.7 Å². The van der Waals surface area contributed by atoms with Crippen molar-refractivity contribution in [2.45, 2.75) is 123 Å². The van der Waals surface area contributed by atoms with E-state index in [1.165, 1.54) is 6.08 Å². The highest BCUT2D eigenvalue weighted by Gasteiger charge is 2.70. The lowest BCUT2D eigenvalue weighted by Crippen LogP contribution is -2.55. The number of hydrogen-bond donors (Lipinski definition) is 3. The molecule has 11 nitrogen and oxygen atoms in total. The van der Waals surface area contributed by atoms with Crippen molar-refractivity contribution in [3.63, 3.8) is 0 Å². The second-order valence-corrected chi connectivity index (χ2v) is 19.2. The SMILES string of the molecule is C#CCCC(NC(=O)[C@H]1C(C(=O)[C@@H](CC(=O)NC2(CS(=O)(=O)CC3CCCO3)CCCCC2)C(C)(C)C)C[C@H]2[C@@H]1C2(C)C)C(=O)C(=O)NCC=C. The Bertz CT molecular complexity index is 1490. The normalized spacial score (nSPS) is 27.6. The maximum absolute atomic E-state index is 14.6. The van der Waals surface area contributed by atoms with Gasteiger partial charge in [-0.05, 0) is 61.2 Å². The van der Waals surface area contributed by atoms with E-state index in [0.29, 0.717) is 32.3 Å². The highest BCUT2D eigenvalue weighted by Crippen LogP contribution is 2.71. The molecule has 0 aromatic carbocycles. The maximum Gasteiger partial charge on any atom is 0.289 e. The number of Topliss-reactive ketones (excluding diaryl/α,β-unsaturated/α-hetero) is 2. The zero-order valence-corrected chi connectivity index (χ0v) is 32.0. The third-order valence-corrected chi connectivity index (χ3v) is 13.8. The summed E-state index contributed by atoms with van der Waals surface area (Å²) in [6.07, 6.45) is 12.4. The summed E-state index contributed by atoms with van der Waals surface area (Å²) in [5, 5.41) is 8.37. The van der Waals surface area contributed by atoms with Crippen molar-refractivity contribution < 1.29 is 37.1 Å². The van der Waals surface area contributed by atoms with Crippen LogP contribution in [-0.2, 0) is 38.5 Å². The summed E-state index contributed by atoms with van der Waals surface area (Å²) < 4.78 is 32.3. The fraction of sp³-hybridized carbons (Fsp3) is 0.769. The third-order valence-electron chi connectivity index (χ3n) is 11.9. The molecule has 3 N–H and O–H groups in total. The smallest absolute Gasteiger partial charge is 0.289 e. The molecule has 0 bridgehead atoms. The Kier molecular flexibility index (Phi) is 13.0. The lowest BCUT2D eigenvalue weighted by Gasteiger charge is -2.39. The van der Waals surface area contributed by atoms with E-state index in [-0.39, 0.29) is 72.4 Å². The van der Waals surface area contributed by atoms with Crippen molar-refractivity contribution >= 4 is 39.1 Å². The summed E-state index contributed by atoms with van der Waals surface area (Å²) in [6, 6.07) is -1.15. The average Bonchev–Trinajstić information content (AvgIpc) is 3.45. The number of amides is 3. The number of rotatable bonds is 17. The molecular formula is C39H59N3O8S. The number of terminal acetylenes is 1. The number of nitrogens with one attached hydrogen (secondary N) is 3. The van der Waals surface area contributed by atoms with Gasteiger partial charge >= 0.3 is 0 Å². The first-order chi connectivity index (χ1) is 23.9. The predicted octanol–water partition coefficient (Wildman–Crippen LogP) is 3.70. The summed E-state index contributed by atoms with van der Waals surface area (Å²) in [5.41, 5.74) is -1.73. The molecule has 1 heterocycles. The van der Waals surface area contributed by atoms with E-state index in [1.54, 1.807) is 0 Å². The molecular weight excluding hydrogens is 671 g/mol. The van der Waals surface area contributed by atoms with Gasteiger partial charge in [-0.1, -0.05) is 60.0 Å². The molecule has 3 unspecified atom stereocenters. The molecule has 0 spiro atoms. The number of fused-ring (bicyclic) bond motifs is 1. The van der Waals surface area contributed by atoms with Crippen LogP contribution in [0, 0.1) is 52.8 Å². The zero-order chi connectivity index (χ0) is 37.8. The lowest BCUT2D eigenvalue weighted by atomic mass is 9.69. The van der Waals surface area contributed by atoms with Crippen LogP contribution in [-0.4, -0.2) is 80.0 Å². The van der Waals surface area contributed by atoms with Gasteiger partial charge in [0.05, 0.1) is 35.1 Å². The maximum atomic E-state index is 14.6. The summed E-state index contributed by atoms with van der Waals surface area (Å²) in [4.78, 5) is 68.2. The molecule has 4 fully saturated rings. The number of carbonyl (C=O) groups excluding carboxylic acids is 5. The molecule has 3 amide bonds. The first kappa shape index (κ1) is 40.7. The quantitative estimate of drug-likeness (QED) is 0.116. The molecule has 3 saturated carbocycles. The summed E-state index contributed by atoms with van der Waals surface area (Å²) >= 11 is 0. The van der Waals surface area contributed by atoms with Gasteiger partial charge in [0.1, 0.15) is 5.78 Å². The topological polar surface area (TPSA) is 165 Å². The molecule has 284 valence electrons. The molecule has 1 saturated heterocycles. The van der Waals surface area contributed by atoms with Gasteiger partial charge in [0, 0.05) is 37.8 Å². The first-order valence-electron chi connectivity index (χ1n) is 18.7. The number of ether oxygens (including phenoxy) is 1. The largest absolute Gasteiger partial charge is 0.377 e. The molecule has 4 aliphatic rings. The third kappa shape index (κ3) is 9.89.